The molecule has 1 unspecified atom stereocenters. The van der Waals surface area contributed by atoms with Crippen LogP contribution in [0, 0.1) is 12.8 Å². The first kappa shape index (κ1) is 24.2. The number of rotatable bonds is 7. The van der Waals surface area contributed by atoms with Gasteiger partial charge in [0.15, 0.2) is 17.7 Å². The molecule has 2 heterocycles. The molecule has 0 saturated heterocycles. The summed E-state index contributed by atoms with van der Waals surface area (Å²) in [5, 5.41) is 22.2. The standard InChI is InChI=1S/C26H28N4O5/c1-16(2)13-26(20-10-5-4-6-11-20)23(32)30(24(29-26)28-25(33)34)21(14-31)18-8-7-9-19(12-18)22-17(3)27-15-35-22/h4-12,15-16,21,31H,13-14H2,1-3H3,(H,28,29)(H,33,34)/t21?,26-/m1/s1. The third-order valence-electron chi connectivity index (χ3n) is 6.04. The van der Waals surface area contributed by atoms with Gasteiger partial charge in [-0.2, -0.15) is 0 Å². The number of hydrogen-bond acceptors (Lipinski definition) is 6. The van der Waals surface area contributed by atoms with E-state index in [9.17, 15) is 19.8 Å². The van der Waals surface area contributed by atoms with Gasteiger partial charge in [-0.3, -0.25) is 15.0 Å². The van der Waals surface area contributed by atoms with E-state index in [1.54, 1.807) is 18.2 Å². The molecule has 9 heteroatoms. The molecular weight excluding hydrogens is 448 g/mol. The lowest BCUT2D eigenvalue weighted by Gasteiger charge is -2.32. The summed E-state index contributed by atoms with van der Waals surface area (Å²) in [6.45, 7) is 5.33. The lowest BCUT2D eigenvalue weighted by molar-refractivity contribution is -0.134. The zero-order chi connectivity index (χ0) is 25.2. The molecule has 0 saturated carbocycles. The number of benzene rings is 2. The summed E-state index contributed by atoms with van der Waals surface area (Å²) >= 11 is 0. The van der Waals surface area contributed by atoms with Crippen molar-refractivity contribution in [3.63, 3.8) is 0 Å². The fourth-order valence-electron chi connectivity index (χ4n) is 4.60. The third-order valence-corrected chi connectivity index (χ3v) is 6.04. The summed E-state index contributed by atoms with van der Waals surface area (Å²) in [5.74, 6) is 0.139. The molecule has 3 aromatic rings. The summed E-state index contributed by atoms with van der Waals surface area (Å²) < 4.78 is 5.51. The molecule has 3 N–H and O–H groups in total. The predicted octanol–water partition coefficient (Wildman–Crippen LogP) is 4.09. The number of guanidine groups is 1. The van der Waals surface area contributed by atoms with Crippen molar-refractivity contribution in [2.75, 3.05) is 6.61 Å². The number of hydrogen-bond donors (Lipinski definition) is 3. The Morgan fingerprint density at radius 2 is 1.91 bits per heavy atom. The van der Waals surface area contributed by atoms with Gasteiger partial charge in [-0.05, 0) is 36.5 Å². The van der Waals surface area contributed by atoms with Crippen molar-refractivity contribution in [1.29, 1.82) is 0 Å². The maximum atomic E-state index is 14.1. The van der Waals surface area contributed by atoms with E-state index in [1.807, 2.05) is 57.2 Å². The number of carboxylic acid groups (broad SMARTS) is 1. The number of nitrogens with zero attached hydrogens (tertiary/aromatic N) is 3. The monoisotopic (exact) mass is 476 g/mol. The summed E-state index contributed by atoms with van der Waals surface area (Å²) in [6.07, 6.45) is 0.372. The predicted molar refractivity (Wildman–Crippen MR) is 130 cm³/mol. The first-order valence-electron chi connectivity index (χ1n) is 11.4. The highest BCUT2D eigenvalue weighted by Crippen LogP contribution is 2.42. The van der Waals surface area contributed by atoms with Gasteiger partial charge in [-0.1, -0.05) is 62.4 Å². The highest BCUT2D eigenvalue weighted by molar-refractivity contribution is 6.11. The van der Waals surface area contributed by atoms with Gasteiger partial charge in [0.25, 0.3) is 5.91 Å². The average molecular weight is 477 g/mol. The van der Waals surface area contributed by atoms with E-state index in [4.69, 9.17) is 4.42 Å². The number of aryl methyl sites for hydroxylation is 1. The van der Waals surface area contributed by atoms with Crippen molar-refractivity contribution in [2.24, 2.45) is 10.9 Å². The highest BCUT2D eigenvalue weighted by Gasteiger charge is 2.52. The molecule has 1 aliphatic heterocycles. The van der Waals surface area contributed by atoms with Crippen LogP contribution in [-0.2, 0) is 10.3 Å². The first-order valence-corrected chi connectivity index (χ1v) is 11.4. The Balaban J connectivity index is 1.83. The quantitative estimate of drug-likeness (QED) is 0.471. The van der Waals surface area contributed by atoms with Gasteiger partial charge in [0, 0.05) is 5.56 Å². The molecule has 2 amide bonds. The second-order valence-electron chi connectivity index (χ2n) is 8.96. The first-order chi connectivity index (χ1) is 16.8. The number of carbonyl (C=O) groups excluding carboxylic acids is 1. The Hall–Kier alpha value is -3.98. The van der Waals surface area contributed by atoms with Crippen LogP contribution in [0.15, 0.2) is 70.4 Å². The van der Waals surface area contributed by atoms with Crippen molar-refractivity contribution in [3.05, 3.63) is 77.8 Å². The van der Waals surface area contributed by atoms with Gasteiger partial charge in [0.2, 0.25) is 5.96 Å². The number of aliphatic imine (C=N–C) groups is 1. The molecule has 1 aromatic heterocycles. The van der Waals surface area contributed by atoms with Crippen LogP contribution in [-0.4, -0.2) is 44.7 Å². The molecular formula is C26H28N4O5. The molecule has 2 atom stereocenters. The number of aliphatic hydroxyl groups excluding tert-OH is 1. The largest absolute Gasteiger partial charge is 0.465 e. The number of aromatic nitrogens is 1. The van der Waals surface area contributed by atoms with Gasteiger partial charge in [-0.25, -0.2) is 14.8 Å². The van der Waals surface area contributed by atoms with E-state index in [0.29, 0.717) is 29.0 Å². The van der Waals surface area contributed by atoms with E-state index >= 15 is 0 Å². The second-order valence-corrected chi connectivity index (χ2v) is 8.96. The van der Waals surface area contributed by atoms with Crippen LogP contribution in [0.5, 0.6) is 0 Å². The molecule has 0 bridgehead atoms. The summed E-state index contributed by atoms with van der Waals surface area (Å²) in [7, 11) is 0. The highest BCUT2D eigenvalue weighted by atomic mass is 16.4. The number of nitrogens with one attached hydrogen (secondary N) is 1. The van der Waals surface area contributed by atoms with Crippen molar-refractivity contribution < 1.29 is 24.2 Å². The number of amides is 2. The maximum absolute atomic E-state index is 14.1. The van der Waals surface area contributed by atoms with Crippen molar-refractivity contribution in [2.45, 2.75) is 38.8 Å². The third kappa shape index (κ3) is 4.54. The Morgan fingerprint density at radius 1 is 1.17 bits per heavy atom. The minimum Gasteiger partial charge on any atom is -0.465 e. The van der Waals surface area contributed by atoms with Crippen LogP contribution < -0.4 is 5.32 Å². The molecule has 0 aliphatic carbocycles. The second kappa shape index (κ2) is 9.71. The van der Waals surface area contributed by atoms with Crippen LogP contribution in [0.1, 0.15) is 43.1 Å². The fourth-order valence-corrected chi connectivity index (χ4v) is 4.60. The molecule has 35 heavy (non-hydrogen) atoms. The topological polar surface area (TPSA) is 128 Å². The number of aliphatic hydroxyl groups is 1. The number of carbonyl (C=O) groups is 2. The molecule has 0 radical (unpaired) electrons. The van der Waals surface area contributed by atoms with Gasteiger partial charge in [0.05, 0.1) is 18.3 Å². The van der Waals surface area contributed by atoms with Gasteiger partial charge in [-0.15, -0.1) is 0 Å². The van der Waals surface area contributed by atoms with E-state index < -0.39 is 30.2 Å². The minimum atomic E-state index is -1.35. The summed E-state index contributed by atoms with van der Waals surface area (Å²) in [5.41, 5.74) is 1.37. The van der Waals surface area contributed by atoms with Gasteiger partial charge in [0.1, 0.15) is 0 Å². The maximum Gasteiger partial charge on any atom is 0.411 e. The zero-order valence-corrected chi connectivity index (χ0v) is 19.8. The zero-order valence-electron chi connectivity index (χ0n) is 19.8. The van der Waals surface area contributed by atoms with Crippen molar-refractivity contribution >= 4 is 18.0 Å². The Bertz CT molecular complexity index is 1250. The van der Waals surface area contributed by atoms with E-state index in [1.165, 1.54) is 11.3 Å². The molecule has 4 rings (SSSR count). The Kier molecular flexibility index (Phi) is 6.70. The average Bonchev–Trinajstić information content (AvgIpc) is 3.37. The molecule has 182 valence electrons. The van der Waals surface area contributed by atoms with E-state index in [-0.39, 0.29) is 11.9 Å². The van der Waals surface area contributed by atoms with E-state index in [2.05, 4.69) is 15.3 Å². The van der Waals surface area contributed by atoms with Crippen LogP contribution in [0.3, 0.4) is 0 Å². The molecule has 0 spiro atoms. The Labute approximate surface area is 203 Å². The molecule has 0 fully saturated rings. The lowest BCUT2D eigenvalue weighted by Crippen LogP contribution is -2.48. The van der Waals surface area contributed by atoms with E-state index in [0.717, 1.165) is 5.56 Å². The van der Waals surface area contributed by atoms with Crippen LogP contribution in [0.2, 0.25) is 0 Å². The fraction of sp³-hybridized carbons (Fsp3) is 0.308. The smallest absolute Gasteiger partial charge is 0.411 e. The Morgan fingerprint density at radius 3 is 2.51 bits per heavy atom. The summed E-state index contributed by atoms with van der Waals surface area (Å²) in [6, 6.07) is 15.4. The molecule has 1 aliphatic rings. The van der Waals surface area contributed by atoms with Crippen LogP contribution in [0.25, 0.3) is 11.3 Å². The number of oxazole rings is 1. The van der Waals surface area contributed by atoms with Crippen LogP contribution >= 0.6 is 0 Å². The summed E-state index contributed by atoms with van der Waals surface area (Å²) in [4.78, 5) is 35.9. The van der Waals surface area contributed by atoms with Crippen LogP contribution in [0.4, 0.5) is 4.79 Å². The molecule has 9 nitrogen and oxygen atoms in total. The van der Waals surface area contributed by atoms with Crippen molar-refractivity contribution in [3.8, 4) is 11.3 Å². The molecule has 2 aromatic carbocycles. The minimum absolute atomic E-state index is 0.0827. The SMILES string of the molecule is Cc1ncoc1-c1cccc(C(CO)N2C(=O)[C@@](CC(C)C)(c3ccccc3)N=C2NC(=O)O)c1. The lowest BCUT2D eigenvalue weighted by atomic mass is 9.82. The van der Waals surface area contributed by atoms with Gasteiger partial charge >= 0.3 is 6.09 Å². The normalized spacial score (nSPS) is 18.6. The van der Waals surface area contributed by atoms with Gasteiger partial charge < -0.3 is 14.6 Å². The van der Waals surface area contributed by atoms with Crippen molar-refractivity contribution in [1.82, 2.24) is 15.2 Å².